The molecule has 0 bridgehead atoms. The maximum Gasteiger partial charge on any atom is 0.343 e. The van der Waals surface area contributed by atoms with E-state index < -0.39 is 11.9 Å². The number of allylic oxidation sites excluding steroid dienone is 1. The Bertz CT molecular complexity index is 1210. The quantitative estimate of drug-likeness (QED) is 0.435. The van der Waals surface area contributed by atoms with Crippen molar-refractivity contribution in [2.75, 3.05) is 6.61 Å². The minimum absolute atomic E-state index is 0.0729. The maximum atomic E-state index is 12.5. The Kier molecular flexibility index (Phi) is 5.59. The lowest BCUT2D eigenvalue weighted by molar-refractivity contribution is -0.114. The van der Waals surface area contributed by atoms with E-state index in [1.165, 1.54) is 11.1 Å². The topological polar surface area (TPSA) is 101 Å². The van der Waals surface area contributed by atoms with Gasteiger partial charge in [0.25, 0.3) is 5.91 Å². The van der Waals surface area contributed by atoms with Crippen molar-refractivity contribution in [1.29, 1.82) is 5.41 Å². The van der Waals surface area contributed by atoms with E-state index in [0.717, 1.165) is 5.56 Å². The Hall–Kier alpha value is -4.20. The number of nitrogens with zero attached hydrogens (tertiary/aromatic N) is 2. The smallest absolute Gasteiger partial charge is 0.343 e. The first kappa shape index (κ1) is 21.0. The average Bonchev–Trinajstić information content (AvgIpc) is 3.13. The molecule has 1 N–H and O–H groups in total. The predicted octanol–water partition coefficient (Wildman–Crippen LogP) is 4.06. The van der Waals surface area contributed by atoms with Crippen molar-refractivity contribution in [2.45, 2.75) is 20.8 Å². The third kappa shape index (κ3) is 4.15. The molecule has 2 aliphatic heterocycles. The van der Waals surface area contributed by atoms with Crippen LogP contribution in [0, 0.1) is 12.3 Å². The first-order valence-electron chi connectivity index (χ1n) is 10.0. The van der Waals surface area contributed by atoms with Gasteiger partial charge in [-0.3, -0.25) is 10.2 Å². The summed E-state index contributed by atoms with van der Waals surface area (Å²) in [6, 6.07) is 12.0. The highest BCUT2D eigenvalue weighted by molar-refractivity contribution is 6.32. The normalized spacial score (nSPS) is 16.3. The van der Waals surface area contributed by atoms with Crippen molar-refractivity contribution < 1.29 is 23.9 Å². The summed E-state index contributed by atoms with van der Waals surface area (Å²) in [5, 5.41) is 9.52. The van der Waals surface area contributed by atoms with Crippen molar-refractivity contribution in [2.24, 2.45) is 4.99 Å². The number of aryl methyl sites for hydroxylation is 1. The van der Waals surface area contributed by atoms with Gasteiger partial charge < -0.3 is 14.3 Å². The van der Waals surface area contributed by atoms with Gasteiger partial charge in [0.1, 0.15) is 5.76 Å². The molecular formula is C24H21N3O5. The van der Waals surface area contributed by atoms with E-state index in [4.69, 9.17) is 19.7 Å². The summed E-state index contributed by atoms with van der Waals surface area (Å²) in [7, 11) is 0. The molecule has 2 aromatic carbocycles. The van der Waals surface area contributed by atoms with E-state index in [0.29, 0.717) is 29.2 Å². The van der Waals surface area contributed by atoms with Gasteiger partial charge in [-0.25, -0.2) is 4.79 Å². The third-order valence-corrected chi connectivity index (χ3v) is 4.75. The number of nitrogens with one attached hydrogen (secondary N) is 1. The Balaban J connectivity index is 1.60. The van der Waals surface area contributed by atoms with Crippen LogP contribution in [0.4, 0.5) is 0 Å². The van der Waals surface area contributed by atoms with Crippen LogP contribution >= 0.6 is 0 Å². The Morgan fingerprint density at radius 3 is 2.62 bits per heavy atom. The van der Waals surface area contributed by atoms with Crippen LogP contribution in [-0.4, -0.2) is 35.2 Å². The number of amides is 1. The van der Waals surface area contributed by atoms with E-state index in [1.807, 2.05) is 26.0 Å². The zero-order chi connectivity index (χ0) is 22.8. The van der Waals surface area contributed by atoms with Gasteiger partial charge >= 0.3 is 5.97 Å². The summed E-state index contributed by atoms with van der Waals surface area (Å²) in [5.41, 5.74) is 2.12. The molecule has 8 heteroatoms. The van der Waals surface area contributed by atoms with Gasteiger partial charge in [-0.1, -0.05) is 23.8 Å². The minimum Gasteiger partial charge on any atom is -0.490 e. The second kappa shape index (κ2) is 8.50. The van der Waals surface area contributed by atoms with Crippen LogP contribution in [0.1, 0.15) is 35.3 Å². The molecule has 0 saturated heterocycles. The molecule has 4 rings (SSSR count). The van der Waals surface area contributed by atoms with Gasteiger partial charge in [-0.05, 0) is 56.7 Å². The van der Waals surface area contributed by atoms with Gasteiger partial charge in [0.05, 0.1) is 17.7 Å². The van der Waals surface area contributed by atoms with Gasteiger partial charge in [0.15, 0.2) is 23.2 Å². The van der Waals surface area contributed by atoms with Crippen molar-refractivity contribution >= 4 is 29.6 Å². The molecule has 2 aromatic rings. The number of hydrogen-bond donors (Lipinski definition) is 1. The van der Waals surface area contributed by atoms with Crippen LogP contribution in [0.15, 0.2) is 64.9 Å². The molecular weight excluding hydrogens is 410 g/mol. The molecule has 0 aromatic heterocycles. The molecule has 0 saturated carbocycles. The van der Waals surface area contributed by atoms with E-state index in [2.05, 4.69) is 4.99 Å². The number of rotatable bonds is 5. The van der Waals surface area contributed by atoms with Crippen LogP contribution in [0.25, 0.3) is 6.08 Å². The van der Waals surface area contributed by atoms with E-state index in [9.17, 15) is 9.59 Å². The molecule has 0 unspecified atom stereocenters. The van der Waals surface area contributed by atoms with Crippen molar-refractivity contribution in [1.82, 2.24) is 5.06 Å². The predicted molar refractivity (Wildman–Crippen MR) is 119 cm³/mol. The number of fused-ring (bicyclic) bond motifs is 1. The summed E-state index contributed by atoms with van der Waals surface area (Å²) in [6.07, 6.45) is 3.11. The number of esters is 1. The summed E-state index contributed by atoms with van der Waals surface area (Å²) >= 11 is 0. The number of carbonyl (C=O) groups excluding carboxylic acids is 2. The Morgan fingerprint density at radius 1 is 1.16 bits per heavy atom. The number of ether oxygens (including phenoxy) is 2. The van der Waals surface area contributed by atoms with Crippen molar-refractivity contribution in [3.63, 3.8) is 0 Å². The zero-order valence-corrected chi connectivity index (χ0v) is 17.8. The standard InChI is InChI=1S/C24H21N3O5/c1-4-30-20-13-16(7-10-19(20)31-24(29)17-8-5-14(2)6-9-17)12-18-22(25)27-21(26-23(18)28)11-15(3)32-27/h5-13,25H,4H2,1-3H3/b18-12+,25-22?. The number of carbonyl (C=O) groups is 2. The highest BCUT2D eigenvalue weighted by atomic mass is 16.7. The highest BCUT2D eigenvalue weighted by Gasteiger charge is 2.34. The van der Waals surface area contributed by atoms with Crippen molar-refractivity contribution in [3.05, 3.63) is 76.6 Å². The molecule has 2 heterocycles. The van der Waals surface area contributed by atoms with Crippen LogP contribution in [0.2, 0.25) is 0 Å². The molecule has 0 fully saturated rings. The summed E-state index contributed by atoms with van der Waals surface area (Å²) < 4.78 is 11.2. The van der Waals surface area contributed by atoms with E-state index in [-0.39, 0.29) is 23.0 Å². The first-order chi connectivity index (χ1) is 15.4. The molecule has 162 valence electrons. The minimum atomic E-state index is -0.538. The molecule has 1 amide bonds. The van der Waals surface area contributed by atoms with Crippen LogP contribution in [-0.2, 0) is 9.63 Å². The van der Waals surface area contributed by atoms with Crippen molar-refractivity contribution in [3.8, 4) is 11.5 Å². The lowest BCUT2D eigenvalue weighted by Gasteiger charge is -2.23. The van der Waals surface area contributed by atoms with Gasteiger partial charge in [0, 0.05) is 6.08 Å². The number of amidine groups is 2. The lowest BCUT2D eigenvalue weighted by Crippen LogP contribution is -2.38. The van der Waals surface area contributed by atoms with E-state index >= 15 is 0 Å². The fourth-order valence-corrected chi connectivity index (χ4v) is 3.18. The molecule has 0 atom stereocenters. The molecule has 8 nitrogen and oxygen atoms in total. The number of aliphatic imine (C=N–C) groups is 1. The molecule has 0 radical (unpaired) electrons. The fraction of sp³-hybridized carbons (Fsp3) is 0.167. The second-order valence-corrected chi connectivity index (χ2v) is 7.22. The van der Waals surface area contributed by atoms with Gasteiger partial charge in [-0.2, -0.15) is 4.99 Å². The van der Waals surface area contributed by atoms with Gasteiger partial charge in [0.2, 0.25) is 0 Å². The lowest BCUT2D eigenvalue weighted by atomic mass is 10.1. The molecule has 32 heavy (non-hydrogen) atoms. The average molecular weight is 431 g/mol. The maximum absolute atomic E-state index is 12.5. The van der Waals surface area contributed by atoms with Crippen LogP contribution in [0.5, 0.6) is 11.5 Å². The number of hydroxylamine groups is 2. The fourth-order valence-electron chi connectivity index (χ4n) is 3.18. The second-order valence-electron chi connectivity index (χ2n) is 7.22. The largest absolute Gasteiger partial charge is 0.490 e. The monoisotopic (exact) mass is 431 g/mol. The first-order valence-corrected chi connectivity index (χ1v) is 10.0. The number of hydrogen-bond acceptors (Lipinski definition) is 6. The molecule has 0 spiro atoms. The Labute approximate surface area is 184 Å². The molecule has 0 aliphatic carbocycles. The summed E-state index contributed by atoms with van der Waals surface area (Å²) in [4.78, 5) is 34.4. The SMILES string of the molecule is CCOc1cc(/C=C2\C(=N)N3OC(C)=CC3=NC2=O)ccc1OC(=O)c1ccc(C)cc1. The van der Waals surface area contributed by atoms with E-state index in [1.54, 1.807) is 43.3 Å². The van der Waals surface area contributed by atoms with Crippen LogP contribution in [0.3, 0.4) is 0 Å². The summed E-state index contributed by atoms with van der Waals surface area (Å²) in [6.45, 7) is 5.82. The van der Waals surface area contributed by atoms with Crippen LogP contribution < -0.4 is 9.47 Å². The zero-order valence-electron chi connectivity index (χ0n) is 17.8. The molecule has 2 aliphatic rings. The highest BCUT2D eigenvalue weighted by Crippen LogP contribution is 2.31. The third-order valence-electron chi connectivity index (χ3n) is 4.75. The van der Waals surface area contributed by atoms with Gasteiger partial charge in [-0.15, -0.1) is 5.06 Å². The summed E-state index contributed by atoms with van der Waals surface area (Å²) in [5.74, 6) is 0.273. The number of benzene rings is 2. The Morgan fingerprint density at radius 2 is 1.91 bits per heavy atom.